The van der Waals surface area contributed by atoms with Crippen LogP contribution in [-0.2, 0) is 23.2 Å². The molecule has 5 aliphatic rings. The molecular weight excluding hydrogens is 590 g/mol. The molecule has 1 saturated heterocycles. The van der Waals surface area contributed by atoms with Crippen molar-refractivity contribution in [1.82, 2.24) is 15.1 Å². The number of piperazine rings is 1. The van der Waals surface area contributed by atoms with Crippen LogP contribution in [0.2, 0.25) is 0 Å². The van der Waals surface area contributed by atoms with Crippen LogP contribution in [0, 0.1) is 45.0 Å². The molecule has 5 heterocycles. The molecule has 2 aromatic carbocycles. The van der Waals surface area contributed by atoms with Gasteiger partial charge in [-0.15, -0.1) is 12.3 Å². The van der Waals surface area contributed by atoms with Gasteiger partial charge < -0.3 is 24.3 Å². The van der Waals surface area contributed by atoms with Gasteiger partial charge in [0, 0.05) is 53.7 Å². The van der Waals surface area contributed by atoms with Gasteiger partial charge in [-0.25, -0.2) is 0 Å². The van der Waals surface area contributed by atoms with Crippen LogP contribution in [0.3, 0.4) is 0 Å². The number of methoxy groups -OCH3 is 1. The molecule has 1 amide bonds. The van der Waals surface area contributed by atoms with Crippen LogP contribution < -0.4 is 24.3 Å². The second kappa shape index (κ2) is 11.8. The van der Waals surface area contributed by atoms with E-state index in [4.69, 9.17) is 25.4 Å². The lowest BCUT2D eigenvalue weighted by Gasteiger charge is -2.64. The zero-order chi connectivity index (χ0) is 33.4. The summed E-state index contributed by atoms with van der Waals surface area (Å²) in [5, 5.41) is 3.43. The van der Waals surface area contributed by atoms with E-state index in [0.29, 0.717) is 19.6 Å². The van der Waals surface area contributed by atoms with Crippen molar-refractivity contribution >= 4 is 5.91 Å². The van der Waals surface area contributed by atoms with Crippen LogP contribution in [0.25, 0.3) is 0 Å². The van der Waals surface area contributed by atoms with E-state index < -0.39 is 5.54 Å². The van der Waals surface area contributed by atoms with Gasteiger partial charge in [-0.2, -0.15) is 0 Å². The average molecular weight is 640 g/mol. The SMILES string of the molecule is C#CCC1C/C=C/COc2c(C)c3c(c4c2CC2[C@H]5c6c(cc(C)c(OC)c6C)C[C@@H](C(C)N2[C@@]4(C)CNC(=O)C1C)N5C)OCO3. The first kappa shape index (κ1) is 31.9. The Balaban J connectivity index is 1.45. The Morgan fingerprint density at radius 3 is 2.57 bits per heavy atom. The van der Waals surface area contributed by atoms with E-state index >= 15 is 0 Å². The van der Waals surface area contributed by atoms with Gasteiger partial charge in [-0.1, -0.05) is 25.1 Å². The number of ether oxygens (including phenoxy) is 4. The Kier molecular flexibility index (Phi) is 8.00. The maximum Gasteiger partial charge on any atom is 0.231 e. The monoisotopic (exact) mass is 639 g/mol. The highest BCUT2D eigenvalue weighted by atomic mass is 16.7. The van der Waals surface area contributed by atoms with Crippen molar-refractivity contribution in [2.24, 2.45) is 11.8 Å². The van der Waals surface area contributed by atoms with E-state index in [1.807, 2.05) is 6.92 Å². The minimum atomic E-state index is -0.615. The maximum absolute atomic E-state index is 14.0. The Labute approximate surface area is 279 Å². The minimum absolute atomic E-state index is 0.0291. The number of aryl methyl sites for hydroxylation is 1. The number of nitrogens with one attached hydrogen (secondary N) is 1. The summed E-state index contributed by atoms with van der Waals surface area (Å²) in [7, 11) is 4.06. The molecule has 0 aromatic heterocycles. The third-order valence-electron chi connectivity index (χ3n) is 12.1. The largest absolute Gasteiger partial charge is 0.496 e. The van der Waals surface area contributed by atoms with E-state index in [9.17, 15) is 4.79 Å². The van der Waals surface area contributed by atoms with E-state index in [1.165, 1.54) is 22.3 Å². The van der Waals surface area contributed by atoms with Crippen molar-refractivity contribution in [2.75, 3.05) is 34.1 Å². The number of carbonyl (C=O) groups is 1. The topological polar surface area (TPSA) is 72.5 Å². The summed E-state index contributed by atoms with van der Waals surface area (Å²) in [5.41, 5.74) is 7.75. The van der Waals surface area contributed by atoms with Gasteiger partial charge in [-0.3, -0.25) is 14.6 Å². The number of carbonyl (C=O) groups excluding carboxylic acids is 1. The van der Waals surface area contributed by atoms with Crippen LogP contribution in [-0.4, -0.2) is 67.9 Å². The molecule has 7 rings (SSSR count). The lowest BCUT2D eigenvalue weighted by molar-refractivity contribution is -0.132. The van der Waals surface area contributed by atoms with Crippen molar-refractivity contribution in [1.29, 1.82) is 0 Å². The number of terminal acetylenes is 1. The van der Waals surface area contributed by atoms with E-state index in [2.05, 4.69) is 80.9 Å². The Morgan fingerprint density at radius 2 is 1.83 bits per heavy atom. The van der Waals surface area contributed by atoms with E-state index in [1.54, 1.807) is 7.11 Å². The molecule has 8 nitrogen and oxygen atoms in total. The molecule has 250 valence electrons. The highest BCUT2D eigenvalue weighted by Gasteiger charge is 2.59. The molecule has 8 heteroatoms. The van der Waals surface area contributed by atoms with Gasteiger partial charge in [0.25, 0.3) is 0 Å². The first-order valence-corrected chi connectivity index (χ1v) is 17.1. The van der Waals surface area contributed by atoms with Gasteiger partial charge in [0.1, 0.15) is 18.1 Å². The maximum atomic E-state index is 14.0. The van der Waals surface area contributed by atoms with Gasteiger partial charge in [0.2, 0.25) is 12.7 Å². The van der Waals surface area contributed by atoms with Gasteiger partial charge in [0.05, 0.1) is 18.7 Å². The summed E-state index contributed by atoms with van der Waals surface area (Å²) >= 11 is 0. The molecule has 2 aromatic rings. The molecule has 1 fully saturated rings. The molecule has 4 unspecified atom stereocenters. The molecule has 5 aliphatic heterocycles. The fourth-order valence-corrected chi connectivity index (χ4v) is 9.90. The van der Waals surface area contributed by atoms with Gasteiger partial charge in [0.15, 0.2) is 11.5 Å². The first-order chi connectivity index (χ1) is 22.5. The third kappa shape index (κ3) is 4.68. The normalized spacial score (nSPS) is 32.2. The first-order valence-electron chi connectivity index (χ1n) is 17.1. The Hall–Kier alpha value is -3.67. The number of hydrogen-bond donors (Lipinski definition) is 1. The number of amides is 1. The predicted molar refractivity (Wildman–Crippen MR) is 182 cm³/mol. The second-order valence-corrected chi connectivity index (χ2v) is 14.6. The van der Waals surface area contributed by atoms with E-state index in [-0.39, 0.29) is 48.7 Å². The number of nitrogens with zero attached hydrogens (tertiary/aromatic N) is 2. The number of hydrogen-bond acceptors (Lipinski definition) is 7. The van der Waals surface area contributed by atoms with Crippen LogP contribution in [0.1, 0.15) is 78.6 Å². The summed E-state index contributed by atoms with van der Waals surface area (Å²) in [6, 6.07) is 3.04. The van der Waals surface area contributed by atoms with Crippen molar-refractivity contribution in [3.8, 4) is 35.3 Å². The zero-order valence-electron chi connectivity index (χ0n) is 29.2. The molecule has 1 N–H and O–H groups in total. The summed E-state index contributed by atoms with van der Waals surface area (Å²) < 4.78 is 25.2. The molecular formula is C39H49N3O5. The van der Waals surface area contributed by atoms with E-state index in [0.717, 1.165) is 59.0 Å². The van der Waals surface area contributed by atoms with Crippen LogP contribution in [0.4, 0.5) is 0 Å². The van der Waals surface area contributed by atoms with Crippen molar-refractivity contribution in [3.63, 3.8) is 0 Å². The Bertz CT molecular complexity index is 1690. The highest BCUT2D eigenvalue weighted by Crippen LogP contribution is 2.59. The number of fused-ring (bicyclic) bond motifs is 8. The molecule has 6 bridgehead atoms. The smallest absolute Gasteiger partial charge is 0.231 e. The second-order valence-electron chi connectivity index (χ2n) is 14.6. The third-order valence-corrected chi connectivity index (χ3v) is 12.1. The number of rotatable bonds is 2. The predicted octanol–water partition coefficient (Wildman–Crippen LogP) is 5.52. The molecule has 7 atom stereocenters. The number of benzene rings is 2. The van der Waals surface area contributed by atoms with Crippen molar-refractivity contribution in [3.05, 3.63) is 57.2 Å². The summed E-state index contributed by atoms with van der Waals surface area (Å²) in [5.74, 6) is 6.00. The molecule has 0 spiro atoms. The Morgan fingerprint density at radius 1 is 1.06 bits per heavy atom. The lowest BCUT2D eigenvalue weighted by atomic mass is 9.67. The average Bonchev–Trinajstić information content (AvgIpc) is 3.52. The summed E-state index contributed by atoms with van der Waals surface area (Å²) in [4.78, 5) is 19.3. The quantitative estimate of drug-likeness (QED) is 0.343. The van der Waals surface area contributed by atoms with Crippen LogP contribution in [0.5, 0.6) is 23.0 Å². The fraction of sp³-hybridized carbons (Fsp3) is 0.564. The van der Waals surface area contributed by atoms with Crippen LogP contribution >= 0.6 is 0 Å². The number of allylic oxidation sites excluding steroid dienone is 1. The standard InChI is InChI=1S/C39H49N3O5/c1-10-13-26-14-11-12-15-45-35-24(5)36-37(47-20-46-36)32-28(35)18-30-33-31-23(4)34(44-9)21(2)16-27(31)17-29(41(33)8)25(6)42(30)39(32,7)19-40-38(43)22(26)3/h1,11-12,16,22,25-26,29-30,33H,13-15,17-20H2,2-9H3,(H,40,43)/b12-11+/t22?,25?,26?,29-,30?,33-,39-/m0/s1. The van der Waals surface area contributed by atoms with Gasteiger partial charge >= 0.3 is 0 Å². The van der Waals surface area contributed by atoms with Crippen molar-refractivity contribution in [2.45, 2.75) is 96.9 Å². The number of likely N-dealkylation sites (N-methyl/N-ethyl adjacent to an activating group) is 1. The van der Waals surface area contributed by atoms with Gasteiger partial charge in [-0.05, 0) is 89.1 Å². The summed E-state index contributed by atoms with van der Waals surface area (Å²) in [6.07, 6.45) is 12.9. The lowest BCUT2D eigenvalue weighted by Crippen LogP contribution is -2.73. The van der Waals surface area contributed by atoms with Crippen LogP contribution in [0.15, 0.2) is 18.2 Å². The molecule has 0 radical (unpaired) electrons. The summed E-state index contributed by atoms with van der Waals surface area (Å²) in [6.45, 7) is 14.1. The minimum Gasteiger partial charge on any atom is -0.496 e. The molecule has 47 heavy (non-hydrogen) atoms. The highest BCUT2D eigenvalue weighted by molar-refractivity contribution is 5.79. The molecule has 0 aliphatic carbocycles. The zero-order valence-corrected chi connectivity index (χ0v) is 29.2. The molecule has 0 saturated carbocycles. The van der Waals surface area contributed by atoms with Crippen molar-refractivity contribution < 1.29 is 23.7 Å². The fourth-order valence-electron chi connectivity index (χ4n) is 9.90.